The zero-order chi connectivity index (χ0) is 14.2. The van der Waals surface area contributed by atoms with E-state index in [9.17, 15) is 4.79 Å². The summed E-state index contributed by atoms with van der Waals surface area (Å²) in [5.74, 6) is 0.672. The van der Waals surface area contributed by atoms with Gasteiger partial charge in [-0.2, -0.15) is 0 Å². The highest BCUT2D eigenvalue weighted by Crippen LogP contribution is 2.38. The van der Waals surface area contributed by atoms with Crippen LogP contribution in [-0.4, -0.2) is 25.1 Å². The van der Waals surface area contributed by atoms with Crippen molar-refractivity contribution in [1.29, 1.82) is 0 Å². The van der Waals surface area contributed by atoms with Gasteiger partial charge in [-0.25, -0.2) is 0 Å². The van der Waals surface area contributed by atoms with Crippen molar-refractivity contribution < 1.29 is 14.3 Å². The maximum atomic E-state index is 12.8. The molecule has 4 heteroatoms. The molecule has 1 aliphatic rings. The summed E-state index contributed by atoms with van der Waals surface area (Å²) in [6.45, 7) is 6.39. The molecule has 1 aliphatic heterocycles. The number of carbonyl (C=O) groups excluding carboxylic acids is 1. The largest absolute Gasteiger partial charge is 0.496 e. The van der Waals surface area contributed by atoms with Gasteiger partial charge in [0, 0.05) is 11.1 Å². The van der Waals surface area contributed by atoms with Crippen molar-refractivity contribution in [2.75, 3.05) is 13.7 Å². The molecular formula is C15H19BrO3. The lowest BCUT2D eigenvalue weighted by molar-refractivity contribution is 0.0210. The van der Waals surface area contributed by atoms with Crippen molar-refractivity contribution >= 4 is 21.7 Å². The second-order valence-corrected chi connectivity index (χ2v) is 6.07. The number of Topliss-reactive ketones (excluding diaryl/α,β-unsaturated/α-hetero) is 1. The van der Waals surface area contributed by atoms with Crippen LogP contribution in [0.5, 0.6) is 5.75 Å². The first kappa shape index (κ1) is 14.5. The Labute approximate surface area is 122 Å². The van der Waals surface area contributed by atoms with E-state index in [1.807, 2.05) is 26.8 Å². The minimum Gasteiger partial charge on any atom is -0.496 e. The molecule has 1 fully saturated rings. The smallest absolute Gasteiger partial charge is 0.198 e. The van der Waals surface area contributed by atoms with Gasteiger partial charge in [-0.3, -0.25) is 4.79 Å². The van der Waals surface area contributed by atoms with Crippen LogP contribution >= 0.6 is 15.9 Å². The number of ketones is 1. The van der Waals surface area contributed by atoms with Gasteiger partial charge in [-0.05, 0) is 50.8 Å². The summed E-state index contributed by atoms with van der Waals surface area (Å²) in [7, 11) is 1.60. The van der Waals surface area contributed by atoms with Crippen LogP contribution in [0.2, 0.25) is 0 Å². The van der Waals surface area contributed by atoms with Crippen molar-refractivity contribution in [3.8, 4) is 5.75 Å². The molecule has 2 rings (SSSR count). The lowest BCUT2D eigenvalue weighted by Gasteiger charge is -2.24. The Hall–Kier alpha value is -0.870. The van der Waals surface area contributed by atoms with Crippen LogP contribution in [-0.2, 0) is 4.74 Å². The van der Waals surface area contributed by atoms with Gasteiger partial charge < -0.3 is 9.47 Å². The first-order valence-electron chi connectivity index (χ1n) is 6.43. The van der Waals surface area contributed by atoms with Gasteiger partial charge in [0.05, 0.1) is 12.7 Å². The van der Waals surface area contributed by atoms with E-state index in [1.54, 1.807) is 7.11 Å². The third-order valence-electron chi connectivity index (χ3n) is 3.79. The Balaban J connectivity index is 2.58. The number of ether oxygens (including phenoxy) is 2. The average Bonchev–Trinajstić information content (AvgIpc) is 2.81. The molecule has 0 saturated carbocycles. The molecule has 1 unspecified atom stereocenters. The predicted molar refractivity (Wildman–Crippen MR) is 78.1 cm³/mol. The van der Waals surface area contributed by atoms with E-state index in [0.717, 1.165) is 28.4 Å². The Morgan fingerprint density at radius 2 is 2.16 bits per heavy atom. The standard InChI is InChI=1S/C15H19BrO3/c1-9-8-11(16)10(2)12(13(9)18-4)14(17)15(3)6-5-7-19-15/h8H,5-7H2,1-4H3. The first-order valence-corrected chi connectivity index (χ1v) is 7.22. The highest BCUT2D eigenvalue weighted by Gasteiger charge is 2.40. The normalized spacial score (nSPS) is 22.6. The molecule has 0 amide bonds. The summed E-state index contributed by atoms with van der Waals surface area (Å²) >= 11 is 3.51. The molecule has 3 nitrogen and oxygen atoms in total. The zero-order valence-corrected chi connectivity index (χ0v) is 13.4. The Kier molecular flexibility index (Phi) is 4.02. The number of halogens is 1. The quantitative estimate of drug-likeness (QED) is 0.792. The number of aryl methyl sites for hydroxylation is 1. The van der Waals surface area contributed by atoms with E-state index in [4.69, 9.17) is 9.47 Å². The third kappa shape index (κ3) is 2.43. The Bertz CT molecular complexity index is 517. The SMILES string of the molecule is COc1c(C)cc(Br)c(C)c1C(=O)C1(C)CCCO1. The monoisotopic (exact) mass is 326 g/mol. The fourth-order valence-electron chi connectivity index (χ4n) is 2.61. The number of carbonyl (C=O) groups is 1. The van der Waals surface area contributed by atoms with Gasteiger partial charge >= 0.3 is 0 Å². The lowest BCUT2D eigenvalue weighted by atomic mass is 9.88. The van der Waals surface area contributed by atoms with Crippen LogP contribution in [0, 0.1) is 13.8 Å². The maximum Gasteiger partial charge on any atom is 0.198 e. The molecule has 0 spiro atoms. The molecular weight excluding hydrogens is 308 g/mol. The molecule has 1 heterocycles. The molecule has 1 saturated heterocycles. The molecule has 19 heavy (non-hydrogen) atoms. The lowest BCUT2D eigenvalue weighted by Crippen LogP contribution is -2.35. The van der Waals surface area contributed by atoms with Gasteiger partial charge in [-0.1, -0.05) is 15.9 Å². The van der Waals surface area contributed by atoms with Crippen LogP contribution in [0.4, 0.5) is 0 Å². The number of rotatable bonds is 3. The second-order valence-electron chi connectivity index (χ2n) is 5.22. The van der Waals surface area contributed by atoms with Crippen LogP contribution in [0.3, 0.4) is 0 Å². The van der Waals surface area contributed by atoms with E-state index in [-0.39, 0.29) is 5.78 Å². The van der Waals surface area contributed by atoms with Crippen molar-refractivity contribution in [2.45, 2.75) is 39.2 Å². The second kappa shape index (κ2) is 5.25. The van der Waals surface area contributed by atoms with Crippen LogP contribution < -0.4 is 4.74 Å². The fourth-order valence-corrected chi connectivity index (χ4v) is 3.15. The predicted octanol–water partition coefficient (Wildman–Crippen LogP) is 3.83. The summed E-state index contributed by atoms with van der Waals surface area (Å²) < 4.78 is 12.0. The van der Waals surface area contributed by atoms with E-state index in [2.05, 4.69) is 15.9 Å². The maximum absolute atomic E-state index is 12.8. The molecule has 1 aromatic carbocycles. The number of hydrogen-bond donors (Lipinski definition) is 0. The topological polar surface area (TPSA) is 35.5 Å². The molecule has 0 aromatic heterocycles. The van der Waals surface area contributed by atoms with E-state index in [1.165, 1.54) is 0 Å². The summed E-state index contributed by atoms with van der Waals surface area (Å²) in [5, 5.41) is 0. The molecule has 104 valence electrons. The van der Waals surface area contributed by atoms with Crippen molar-refractivity contribution in [2.24, 2.45) is 0 Å². The molecule has 0 bridgehead atoms. The van der Waals surface area contributed by atoms with Crippen LogP contribution in [0.1, 0.15) is 41.3 Å². The molecule has 0 N–H and O–H groups in total. The van der Waals surface area contributed by atoms with Gasteiger partial charge in [0.1, 0.15) is 11.4 Å². The number of hydrogen-bond acceptors (Lipinski definition) is 3. The molecule has 0 radical (unpaired) electrons. The van der Waals surface area contributed by atoms with Gasteiger partial charge in [0.2, 0.25) is 0 Å². The highest BCUT2D eigenvalue weighted by molar-refractivity contribution is 9.10. The van der Waals surface area contributed by atoms with Gasteiger partial charge in [-0.15, -0.1) is 0 Å². The number of benzene rings is 1. The molecule has 1 aromatic rings. The summed E-state index contributed by atoms with van der Waals surface area (Å²) in [6, 6.07) is 1.97. The first-order chi connectivity index (χ1) is 8.90. The molecule has 0 aliphatic carbocycles. The van der Waals surface area contributed by atoms with E-state index in [0.29, 0.717) is 17.9 Å². The Morgan fingerprint density at radius 3 is 2.68 bits per heavy atom. The zero-order valence-electron chi connectivity index (χ0n) is 11.8. The van der Waals surface area contributed by atoms with Crippen LogP contribution in [0.25, 0.3) is 0 Å². The van der Waals surface area contributed by atoms with Crippen molar-refractivity contribution in [3.05, 3.63) is 27.2 Å². The fraction of sp³-hybridized carbons (Fsp3) is 0.533. The van der Waals surface area contributed by atoms with Gasteiger partial charge in [0.15, 0.2) is 5.78 Å². The minimum atomic E-state index is -0.717. The molecule has 1 atom stereocenters. The number of methoxy groups -OCH3 is 1. The van der Waals surface area contributed by atoms with Crippen LogP contribution in [0.15, 0.2) is 10.5 Å². The Morgan fingerprint density at radius 1 is 1.47 bits per heavy atom. The van der Waals surface area contributed by atoms with Crippen molar-refractivity contribution in [3.63, 3.8) is 0 Å². The highest BCUT2D eigenvalue weighted by atomic mass is 79.9. The van der Waals surface area contributed by atoms with Crippen molar-refractivity contribution in [1.82, 2.24) is 0 Å². The van der Waals surface area contributed by atoms with E-state index >= 15 is 0 Å². The summed E-state index contributed by atoms with van der Waals surface area (Å²) in [4.78, 5) is 12.8. The van der Waals surface area contributed by atoms with Gasteiger partial charge in [0.25, 0.3) is 0 Å². The summed E-state index contributed by atoms with van der Waals surface area (Å²) in [5.41, 5.74) is 1.78. The average molecular weight is 327 g/mol. The van der Waals surface area contributed by atoms with E-state index < -0.39 is 5.60 Å². The minimum absolute atomic E-state index is 0.0174. The third-order valence-corrected chi connectivity index (χ3v) is 4.62. The summed E-state index contributed by atoms with van der Waals surface area (Å²) in [6.07, 6.45) is 1.69.